The number of hydrogen-bond acceptors (Lipinski definition) is 3. The fraction of sp³-hybridized carbons (Fsp3) is 0.727. The van der Waals surface area contributed by atoms with Gasteiger partial charge in [0.1, 0.15) is 11.6 Å². The summed E-state index contributed by atoms with van der Waals surface area (Å²) in [5.41, 5.74) is 3.20. The molecule has 1 atom stereocenters. The van der Waals surface area contributed by atoms with Gasteiger partial charge in [0.25, 0.3) is 0 Å². The van der Waals surface area contributed by atoms with Crippen molar-refractivity contribution >= 4 is 17.9 Å². The van der Waals surface area contributed by atoms with Gasteiger partial charge >= 0.3 is 12.0 Å². The molecule has 0 aromatic rings. The Morgan fingerprint density at radius 2 is 1.56 bits per heavy atom. The number of rotatable bonds is 4. The summed E-state index contributed by atoms with van der Waals surface area (Å²) in [6, 6.07) is -1.82. The molecule has 0 aliphatic rings. The van der Waals surface area contributed by atoms with E-state index in [-0.39, 0.29) is 0 Å². The normalized spacial score (nSPS) is 13.6. The Bertz CT molecular complexity index is 358. The van der Waals surface area contributed by atoms with Crippen LogP contribution >= 0.6 is 0 Å². The maximum Gasteiger partial charge on any atom is 0.326 e. The van der Waals surface area contributed by atoms with Crippen LogP contribution in [0.2, 0.25) is 0 Å². The van der Waals surface area contributed by atoms with E-state index in [1.165, 1.54) is 13.8 Å². The van der Waals surface area contributed by atoms with E-state index in [1.807, 2.05) is 0 Å². The van der Waals surface area contributed by atoms with E-state index in [4.69, 9.17) is 10.8 Å². The first-order chi connectivity index (χ1) is 7.88. The highest BCUT2D eigenvalue weighted by molar-refractivity contribution is 5.90. The quantitative estimate of drug-likeness (QED) is 0.569. The molecule has 0 aromatic carbocycles. The molecule has 0 aliphatic heterocycles. The molecular formula is C11H21N3O4. The van der Waals surface area contributed by atoms with Gasteiger partial charge in [-0.2, -0.15) is 0 Å². The first-order valence-corrected chi connectivity index (χ1v) is 5.49. The number of aliphatic carboxylic acids is 1. The lowest BCUT2D eigenvalue weighted by Crippen LogP contribution is -2.59. The number of carboxylic acids is 1. The predicted octanol–water partition coefficient (Wildman–Crippen LogP) is 0.0488. The summed E-state index contributed by atoms with van der Waals surface area (Å²) in [7, 11) is 0. The van der Waals surface area contributed by atoms with Crippen LogP contribution in [-0.2, 0) is 9.59 Å². The molecule has 0 saturated heterocycles. The molecule has 0 fully saturated rings. The number of carbonyl (C=O) groups excluding carboxylic acids is 2. The lowest BCUT2D eigenvalue weighted by atomic mass is 9.87. The molecule has 5 N–H and O–H groups in total. The second kappa shape index (κ2) is 5.24. The molecule has 0 unspecified atom stereocenters. The van der Waals surface area contributed by atoms with E-state index in [1.54, 1.807) is 20.8 Å². The third kappa shape index (κ3) is 4.60. The highest BCUT2D eigenvalue weighted by Gasteiger charge is 2.34. The van der Waals surface area contributed by atoms with Crippen LogP contribution in [0.4, 0.5) is 4.79 Å². The average Bonchev–Trinajstić information content (AvgIpc) is 2.10. The van der Waals surface area contributed by atoms with Crippen molar-refractivity contribution in [2.75, 3.05) is 0 Å². The molecule has 0 aliphatic carbocycles. The molecule has 7 nitrogen and oxygen atoms in total. The number of amides is 3. The molecule has 3 amide bonds. The van der Waals surface area contributed by atoms with E-state index < -0.39 is 34.9 Å². The number of primary amides is 1. The number of carbonyl (C=O) groups is 3. The Kier molecular flexibility index (Phi) is 4.72. The van der Waals surface area contributed by atoms with Gasteiger partial charge in [-0.15, -0.1) is 0 Å². The van der Waals surface area contributed by atoms with E-state index in [2.05, 4.69) is 10.6 Å². The zero-order valence-electron chi connectivity index (χ0n) is 11.3. The van der Waals surface area contributed by atoms with Crippen LogP contribution in [0.15, 0.2) is 0 Å². The third-order valence-corrected chi connectivity index (χ3v) is 2.43. The Hall–Kier alpha value is -1.79. The Morgan fingerprint density at radius 3 is 1.83 bits per heavy atom. The van der Waals surface area contributed by atoms with Crippen molar-refractivity contribution in [2.45, 2.75) is 46.2 Å². The second-order valence-corrected chi connectivity index (χ2v) is 5.72. The topological polar surface area (TPSA) is 122 Å². The van der Waals surface area contributed by atoms with E-state index in [9.17, 15) is 14.4 Å². The summed E-state index contributed by atoms with van der Waals surface area (Å²) in [5.74, 6) is -1.85. The molecule has 0 radical (unpaired) electrons. The van der Waals surface area contributed by atoms with Crippen LogP contribution in [0.1, 0.15) is 34.6 Å². The second-order valence-electron chi connectivity index (χ2n) is 5.72. The predicted molar refractivity (Wildman–Crippen MR) is 65.8 cm³/mol. The SMILES string of the molecule is CC(C)(NC(=O)N[C@H](C(=O)O)C(C)(C)C)C(N)=O. The Labute approximate surface area is 106 Å². The van der Waals surface area contributed by atoms with E-state index in [0.29, 0.717) is 0 Å². The standard InChI is InChI=1S/C11H21N3O4/c1-10(2,3)6(7(15)16)13-9(18)14-11(4,5)8(12)17/h6H,1-5H3,(H2,12,17)(H,15,16)(H2,13,14,18)/t6-/m1/s1. The van der Waals surface area contributed by atoms with Crippen LogP contribution in [0, 0.1) is 5.41 Å². The van der Waals surface area contributed by atoms with Gasteiger partial charge in [-0.1, -0.05) is 20.8 Å². The maximum absolute atomic E-state index is 11.6. The lowest BCUT2D eigenvalue weighted by molar-refractivity contribution is -0.141. The molecular weight excluding hydrogens is 238 g/mol. The number of hydrogen-bond donors (Lipinski definition) is 4. The van der Waals surface area contributed by atoms with Crippen LogP contribution in [0.25, 0.3) is 0 Å². The van der Waals surface area contributed by atoms with Crippen molar-refractivity contribution in [1.29, 1.82) is 0 Å². The number of carboxylic acid groups (broad SMARTS) is 1. The summed E-state index contributed by atoms with van der Waals surface area (Å²) < 4.78 is 0. The molecule has 0 bridgehead atoms. The minimum Gasteiger partial charge on any atom is -0.480 e. The van der Waals surface area contributed by atoms with Gasteiger partial charge in [-0.3, -0.25) is 4.79 Å². The van der Waals surface area contributed by atoms with Gasteiger partial charge in [0.2, 0.25) is 5.91 Å². The first-order valence-electron chi connectivity index (χ1n) is 5.49. The molecule has 0 spiro atoms. The van der Waals surface area contributed by atoms with Gasteiger partial charge < -0.3 is 21.5 Å². The van der Waals surface area contributed by atoms with Crippen LogP contribution in [0.3, 0.4) is 0 Å². The molecule has 0 heterocycles. The van der Waals surface area contributed by atoms with Gasteiger partial charge in [0.15, 0.2) is 0 Å². The van der Waals surface area contributed by atoms with Crippen molar-refractivity contribution in [3.63, 3.8) is 0 Å². The number of nitrogens with one attached hydrogen (secondary N) is 2. The van der Waals surface area contributed by atoms with Crippen molar-refractivity contribution < 1.29 is 19.5 Å². The summed E-state index contributed by atoms with van der Waals surface area (Å²) in [4.78, 5) is 33.7. The highest BCUT2D eigenvalue weighted by atomic mass is 16.4. The molecule has 18 heavy (non-hydrogen) atoms. The molecule has 104 valence electrons. The third-order valence-electron chi connectivity index (χ3n) is 2.43. The van der Waals surface area contributed by atoms with Crippen LogP contribution in [0.5, 0.6) is 0 Å². The van der Waals surface area contributed by atoms with Gasteiger partial charge in [0.05, 0.1) is 0 Å². The highest BCUT2D eigenvalue weighted by Crippen LogP contribution is 2.19. The molecule has 7 heteroatoms. The minimum absolute atomic E-state index is 0.653. The van der Waals surface area contributed by atoms with Crippen molar-refractivity contribution in [2.24, 2.45) is 11.1 Å². The molecule has 0 rings (SSSR count). The summed E-state index contributed by atoms with van der Waals surface area (Å²) in [5, 5.41) is 13.7. The summed E-state index contributed by atoms with van der Waals surface area (Å²) >= 11 is 0. The average molecular weight is 259 g/mol. The summed E-state index contributed by atoms with van der Waals surface area (Å²) in [6.45, 7) is 7.92. The van der Waals surface area contributed by atoms with Gasteiger partial charge in [-0.05, 0) is 19.3 Å². The zero-order valence-corrected chi connectivity index (χ0v) is 11.3. The van der Waals surface area contributed by atoms with Crippen LogP contribution < -0.4 is 16.4 Å². The Balaban J connectivity index is 4.75. The summed E-state index contributed by atoms with van der Waals surface area (Å²) in [6.07, 6.45) is 0. The van der Waals surface area contributed by atoms with Crippen LogP contribution in [-0.4, -0.2) is 34.6 Å². The Morgan fingerprint density at radius 1 is 1.11 bits per heavy atom. The van der Waals surface area contributed by atoms with E-state index >= 15 is 0 Å². The molecule has 0 aromatic heterocycles. The lowest BCUT2D eigenvalue weighted by Gasteiger charge is -2.30. The molecule has 0 saturated carbocycles. The fourth-order valence-corrected chi connectivity index (χ4v) is 1.16. The minimum atomic E-state index is -1.25. The van der Waals surface area contributed by atoms with Crippen molar-refractivity contribution in [3.8, 4) is 0 Å². The number of urea groups is 1. The smallest absolute Gasteiger partial charge is 0.326 e. The van der Waals surface area contributed by atoms with Crippen molar-refractivity contribution in [1.82, 2.24) is 10.6 Å². The monoisotopic (exact) mass is 259 g/mol. The van der Waals surface area contributed by atoms with Gasteiger partial charge in [0, 0.05) is 0 Å². The zero-order chi connectivity index (χ0) is 14.7. The van der Waals surface area contributed by atoms with Crippen molar-refractivity contribution in [3.05, 3.63) is 0 Å². The van der Waals surface area contributed by atoms with E-state index in [0.717, 1.165) is 0 Å². The maximum atomic E-state index is 11.6. The van der Waals surface area contributed by atoms with Gasteiger partial charge in [-0.25, -0.2) is 9.59 Å². The first kappa shape index (κ1) is 16.2. The largest absolute Gasteiger partial charge is 0.480 e. The fourth-order valence-electron chi connectivity index (χ4n) is 1.16. The number of nitrogens with two attached hydrogens (primary N) is 1.